The molecule has 8 nitrogen and oxygen atoms in total. The zero-order valence-electron chi connectivity index (χ0n) is 13.0. The van der Waals surface area contributed by atoms with Crippen LogP contribution in [0.15, 0.2) is 42.5 Å². The predicted molar refractivity (Wildman–Crippen MR) is 85.5 cm³/mol. The van der Waals surface area contributed by atoms with Gasteiger partial charge < -0.3 is 20.4 Å². The number of carboxylic acids is 4. The summed E-state index contributed by atoms with van der Waals surface area (Å²) < 4.78 is 0. The second kappa shape index (κ2) is 8.25. The quantitative estimate of drug-likeness (QED) is 0.659. The minimum absolute atomic E-state index is 0.266. The Morgan fingerprint density at radius 3 is 1.44 bits per heavy atom. The number of rotatable bonds is 4. The van der Waals surface area contributed by atoms with E-state index < -0.39 is 35.0 Å². The van der Waals surface area contributed by atoms with Crippen LogP contribution in [0.3, 0.4) is 0 Å². The van der Waals surface area contributed by atoms with Gasteiger partial charge in [-0.1, -0.05) is 17.7 Å². The third kappa shape index (κ3) is 5.47. The normalized spacial score (nSPS) is 9.48. The van der Waals surface area contributed by atoms with E-state index in [1.165, 1.54) is 0 Å². The van der Waals surface area contributed by atoms with Gasteiger partial charge in [-0.05, 0) is 37.3 Å². The van der Waals surface area contributed by atoms with E-state index in [0.29, 0.717) is 5.56 Å². The standard InChI is InChI=1S/C9H6O6.C8H8O2/c10-7(11)4-1-2-5(8(12)13)6(3-4)9(14)15;1-6-2-4-7(5-3-6)8(9)10/h1-3H,(H,10,11)(H,12,13)(H,14,15);2-5H,1H3,(H,9,10). The molecule has 0 spiro atoms. The fourth-order valence-corrected chi connectivity index (χ4v) is 1.74. The van der Waals surface area contributed by atoms with Gasteiger partial charge in [0.05, 0.1) is 22.3 Å². The molecule has 0 aliphatic carbocycles. The molecular weight excluding hydrogens is 332 g/mol. The number of hydrogen-bond donors (Lipinski definition) is 4. The zero-order valence-corrected chi connectivity index (χ0v) is 13.0. The highest BCUT2D eigenvalue weighted by Crippen LogP contribution is 2.12. The summed E-state index contributed by atoms with van der Waals surface area (Å²) in [5, 5.41) is 34.4. The Labute approximate surface area is 141 Å². The first-order valence-electron chi connectivity index (χ1n) is 6.77. The summed E-state index contributed by atoms with van der Waals surface area (Å²) in [6.07, 6.45) is 0. The molecule has 0 aliphatic rings. The maximum Gasteiger partial charge on any atom is 0.336 e. The van der Waals surface area contributed by atoms with Crippen LogP contribution in [0.5, 0.6) is 0 Å². The molecule has 0 bridgehead atoms. The Balaban J connectivity index is 0.000000271. The van der Waals surface area contributed by atoms with Crippen molar-refractivity contribution in [3.05, 3.63) is 70.3 Å². The van der Waals surface area contributed by atoms with Crippen LogP contribution in [-0.2, 0) is 0 Å². The van der Waals surface area contributed by atoms with Crippen molar-refractivity contribution in [1.82, 2.24) is 0 Å². The predicted octanol–water partition coefficient (Wildman–Crippen LogP) is 2.47. The Kier molecular flexibility index (Phi) is 6.39. The van der Waals surface area contributed by atoms with Crippen LogP contribution in [0.1, 0.15) is 47.0 Å². The number of aryl methyl sites for hydroxylation is 1. The Hall–Kier alpha value is -3.68. The van der Waals surface area contributed by atoms with Gasteiger partial charge in [0, 0.05) is 0 Å². The van der Waals surface area contributed by atoms with Crippen molar-refractivity contribution in [2.75, 3.05) is 0 Å². The van der Waals surface area contributed by atoms with Gasteiger partial charge in [0.15, 0.2) is 0 Å². The van der Waals surface area contributed by atoms with Crippen molar-refractivity contribution in [2.45, 2.75) is 6.92 Å². The first-order valence-corrected chi connectivity index (χ1v) is 6.77. The molecule has 0 heterocycles. The van der Waals surface area contributed by atoms with Gasteiger partial charge in [0.1, 0.15) is 0 Å². The Bertz CT molecular complexity index is 821. The van der Waals surface area contributed by atoms with Crippen molar-refractivity contribution >= 4 is 23.9 Å². The van der Waals surface area contributed by atoms with Gasteiger partial charge in [0.2, 0.25) is 0 Å². The van der Waals surface area contributed by atoms with E-state index in [2.05, 4.69) is 0 Å². The van der Waals surface area contributed by atoms with Gasteiger partial charge in [-0.2, -0.15) is 0 Å². The summed E-state index contributed by atoms with van der Waals surface area (Å²) in [5.41, 5.74) is 0.169. The van der Waals surface area contributed by atoms with E-state index >= 15 is 0 Å². The molecule has 0 atom stereocenters. The molecule has 2 aromatic carbocycles. The second-order valence-electron chi connectivity index (χ2n) is 4.85. The van der Waals surface area contributed by atoms with E-state index in [1.54, 1.807) is 24.3 Å². The van der Waals surface area contributed by atoms with Gasteiger partial charge in [-0.15, -0.1) is 0 Å². The number of aromatic carboxylic acids is 4. The lowest BCUT2D eigenvalue weighted by molar-refractivity contribution is 0.0649. The SMILES string of the molecule is Cc1ccc(C(=O)O)cc1.O=C(O)c1ccc(C(=O)O)c(C(=O)O)c1. The van der Waals surface area contributed by atoms with Gasteiger partial charge in [0.25, 0.3) is 0 Å². The fourth-order valence-electron chi connectivity index (χ4n) is 1.74. The summed E-state index contributed by atoms with van der Waals surface area (Å²) in [5.74, 6) is -5.07. The molecule has 130 valence electrons. The molecule has 0 aliphatic heterocycles. The van der Waals surface area contributed by atoms with Crippen LogP contribution in [0.25, 0.3) is 0 Å². The molecule has 0 amide bonds. The second-order valence-corrected chi connectivity index (χ2v) is 4.85. The van der Waals surface area contributed by atoms with Crippen molar-refractivity contribution in [2.24, 2.45) is 0 Å². The molecule has 25 heavy (non-hydrogen) atoms. The first kappa shape index (κ1) is 19.4. The summed E-state index contributed by atoms with van der Waals surface area (Å²) in [7, 11) is 0. The van der Waals surface area contributed by atoms with Crippen LogP contribution in [-0.4, -0.2) is 44.3 Å². The summed E-state index contributed by atoms with van der Waals surface area (Å²) in [6.45, 7) is 1.92. The van der Waals surface area contributed by atoms with Crippen LogP contribution >= 0.6 is 0 Å². The Morgan fingerprint density at radius 1 is 0.600 bits per heavy atom. The topological polar surface area (TPSA) is 149 Å². The maximum atomic E-state index is 10.6. The van der Waals surface area contributed by atoms with E-state index in [9.17, 15) is 19.2 Å². The van der Waals surface area contributed by atoms with Crippen molar-refractivity contribution < 1.29 is 39.6 Å². The molecule has 0 saturated heterocycles. The van der Waals surface area contributed by atoms with Gasteiger partial charge in [-0.25, -0.2) is 19.2 Å². The molecule has 0 saturated carbocycles. The summed E-state index contributed by atoms with van der Waals surface area (Å²) >= 11 is 0. The van der Waals surface area contributed by atoms with Crippen molar-refractivity contribution in [3.8, 4) is 0 Å². The van der Waals surface area contributed by atoms with E-state index in [-0.39, 0.29) is 5.56 Å². The fraction of sp³-hybridized carbons (Fsp3) is 0.0588. The monoisotopic (exact) mass is 346 g/mol. The van der Waals surface area contributed by atoms with Crippen LogP contribution in [0.4, 0.5) is 0 Å². The third-order valence-electron chi connectivity index (χ3n) is 3.03. The highest BCUT2D eigenvalue weighted by atomic mass is 16.4. The van der Waals surface area contributed by atoms with Gasteiger partial charge in [-0.3, -0.25) is 0 Å². The zero-order chi connectivity index (χ0) is 19.1. The molecule has 0 fully saturated rings. The highest BCUT2D eigenvalue weighted by molar-refractivity contribution is 6.03. The molecule has 4 N–H and O–H groups in total. The van der Waals surface area contributed by atoms with Crippen molar-refractivity contribution in [3.63, 3.8) is 0 Å². The molecule has 2 rings (SSSR count). The third-order valence-corrected chi connectivity index (χ3v) is 3.03. The summed E-state index contributed by atoms with van der Waals surface area (Å²) in [6, 6.07) is 9.56. The average molecular weight is 346 g/mol. The van der Waals surface area contributed by atoms with Crippen molar-refractivity contribution in [1.29, 1.82) is 0 Å². The molecule has 0 radical (unpaired) electrons. The number of carboxylic acid groups (broad SMARTS) is 4. The lowest BCUT2D eigenvalue weighted by Crippen LogP contribution is -2.10. The number of hydrogen-bond acceptors (Lipinski definition) is 4. The molecule has 0 unspecified atom stereocenters. The minimum atomic E-state index is -1.48. The highest BCUT2D eigenvalue weighted by Gasteiger charge is 2.17. The minimum Gasteiger partial charge on any atom is -0.478 e. The lowest BCUT2D eigenvalue weighted by Gasteiger charge is -2.02. The smallest absolute Gasteiger partial charge is 0.336 e. The molecule has 2 aromatic rings. The number of benzene rings is 2. The Morgan fingerprint density at radius 2 is 1.04 bits per heavy atom. The average Bonchev–Trinajstić information content (AvgIpc) is 2.55. The van der Waals surface area contributed by atoms with Crippen LogP contribution < -0.4 is 0 Å². The van der Waals surface area contributed by atoms with E-state index in [1.807, 2.05) is 6.92 Å². The van der Waals surface area contributed by atoms with E-state index in [4.69, 9.17) is 20.4 Å². The molecular formula is C17H14O8. The lowest BCUT2D eigenvalue weighted by atomic mass is 10.0. The largest absolute Gasteiger partial charge is 0.478 e. The maximum absolute atomic E-state index is 10.6. The van der Waals surface area contributed by atoms with Gasteiger partial charge >= 0.3 is 23.9 Å². The first-order chi connectivity index (χ1) is 11.6. The number of carbonyl (C=O) groups is 4. The molecule has 0 aromatic heterocycles. The van der Waals surface area contributed by atoms with E-state index in [0.717, 1.165) is 23.8 Å². The van der Waals surface area contributed by atoms with Crippen LogP contribution in [0, 0.1) is 6.92 Å². The van der Waals surface area contributed by atoms with Crippen LogP contribution in [0.2, 0.25) is 0 Å². The summed E-state index contributed by atoms with van der Waals surface area (Å²) in [4.78, 5) is 42.1. The molecule has 8 heteroatoms.